The first-order valence-corrected chi connectivity index (χ1v) is 37.5. The molecule has 590 valence electrons. The van der Waals surface area contributed by atoms with Crippen molar-refractivity contribution in [3.8, 4) is 0 Å². The van der Waals surface area contributed by atoms with E-state index in [0.717, 1.165) is 6.42 Å². The second kappa shape index (κ2) is 43.8. The van der Waals surface area contributed by atoms with E-state index in [4.69, 9.17) is 10.5 Å². The van der Waals surface area contributed by atoms with Crippen molar-refractivity contribution >= 4 is 82.8 Å². The Hall–Kier alpha value is -8.54. The van der Waals surface area contributed by atoms with Crippen LogP contribution in [0.2, 0.25) is 0 Å². The van der Waals surface area contributed by atoms with Crippen LogP contribution in [0.15, 0.2) is 42.1 Å². The standard InChI is InChI=1S/C75H124N14O16/c1-20-44(16)59(71(100)88-62-47(19)105-75(104)58(43(14)15)84-63(92)49(22-3)77-65(94)51(37-48-30-24-23-25-31-48)79-67(96)55(40(8)9)81-70(99)60(45(17)21-2)86-73(62)102)85-64(93)50(32-27-35-76)78-66(95)52-33-28-36-89(52)74(103)57(42(12)13)83-69(98)56(41(10)11)82-72(101)61(46(18)90)87-68(97)54(39(6)7)80-53(91)34-26-29-38(4)5/h22-25,30-31,38-47,50-52,54-62,90H,20-21,26-29,32-37,76H2,1-19H3,(H,77,94)(H,78,95)(H,79,96)(H,80,91)(H,81,99)(H,82,101)(H,83,98)(H,84,92)(H,85,93)(H,86,102)(H,87,97)(H,88,100)/b49-22+/t44?,45?,46?,47?,50-,51-,52+,54+,55+,56-,57+,58-,59+,60+,61-,62+/m0/s1. The number of aliphatic hydroxyl groups is 1. The van der Waals surface area contributed by atoms with Crippen LogP contribution in [0, 0.1) is 47.3 Å². The molecule has 3 rings (SSSR count). The van der Waals surface area contributed by atoms with Crippen LogP contribution < -0.4 is 69.5 Å². The van der Waals surface area contributed by atoms with Gasteiger partial charge in [-0.05, 0) is 112 Å². The van der Waals surface area contributed by atoms with Gasteiger partial charge in [0.2, 0.25) is 70.9 Å². The monoisotopic (exact) mass is 1480 g/mol. The van der Waals surface area contributed by atoms with Crippen LogP contribution >= 0.6 is 0 Å². The maximum absolute atomic E-state index is 15.0. The SMILES string of the molecule is C/C=C1/NC(=O)[C@H](Cc2ccccc2)NC(=O)[C@@H](C(C)C)NC(=O)[C@@H](C(C)CC)NC(=O)[C@H](NC(=O)[C@H](NC(=O)[C@H](CCCN)NC(=O)[C@H]2CCCN2C(=O)[C@H](NC(=O)[C@@H](NC(=O)[C@@H](NC(=O)[C@H](NC(=O)CCCC(C)C)C(C)C)C(C)O)C(C)C)C(C)C)C(C)CC)C(C)OC(=O)[C@H](C(C)C)NC1=O. The Bertz CT molecular complexity index is 3160. The Balaban J connectivity index is 2.00. The summed E-state index contributed by atoms with van der Waals surface area (Å²) in [4.78, 5) is 202. The average Bonchev–Trinajstić information content (AvgIpc) is 1.79. The van der Waals surface area contributed by atoms with Gasteiger partial charge in [-0.3, -0.25) is 62.3 Å². The van der Waals surface area contributed by atoms with Crippen molar-refractivity contribution < 1.29 is 77.0 Å². The second-order valence-electron chi connectivity index (χ2n) is 30.2. The highest BCUT2D eigenvalue weighted by Crippen LogP contribution is 2.23. The molecule has 2 saturated heterocycles. The summed E-state index contributed by atoms with van der Waals surface area (Å²) < 4.78 is 5.96. The second-order valence-corrected chi connectivity index (χ2v) is 30.2. The molecule has 13 amide bonds. The largest absolute Gasteiger partial charge is 0.458 e. The first kappa shape index (κ1) is 90.7. The van der Waals surface area contributed by atoms with E-state index in [1.165, 1.54) is 31.7 Å². The van der Waals surface area contributed by atoms with Gasteiger partial charge >= 0.3 is 5.97 Å². The molecule has 1 aromatic rings. The summed E-state index contributed by atoms with van der Waals surface area (Å²) in [6.45, 7) is 31.8. The van der Waals surface area contributed by atoms with E-state index in [-0.39, 0.29) is 63.2 Å². The molecule has 0 spiro atoms. The Morgan fingerprint density at radius 2 is 1.15 bits per heavy atom. The number of carbonyl (C=O) groups is 14. The number of ether oxygens (including phenoxy) is 1. The van der Waals surface area contributed by atoms with Crippen LogP contribution in [0.4, 0.5) is 0 Å². The molecule has 0 saturated carbocycles. The minimum Gasteiger partial charge on any atom is -0.458 e. The first-order valence-electron chi connectivity index (χ1n) is 37.5. The first-order chi connectivity index (χ1) is 49.2. The van der Waals surface area contributed by atoms with Gasteiger partial charge < -0.3 is 84.3 Å². The zero-order chi connectivity index (χ0) is 79.4. The van der Waals surface area contributed by atoms with Crippen molar-refractivity contribution in [3.63, 3.8) is 0 Å². The molecule has 0 bridgehead atoms. The smallest absolute Gasteiger partial charge is 0.329 e. The highest BCUT2D eigenvalue weighted by Gasteiger charge is 2.44. The summed E-state index contributed by atoms with van der Waals surface area (Å²) in [5.41, 5.74) is 6.34. The third-order valence-electron chi connectivity index (χ3n) is 19.3. The van der Waals surface area contributed by atoms with Gasteiger partial charge in [-0.2, -0.15) is 0 Å². The van der Waals surface area contributed by atoms with Crippen LogP contribution in [-0.4, -0.2) is 191 Å². The quantitative estimate of drug-likeness (QED) is 0.0353. The molecule has 16 atom stereocenters. The van der Waals surface area contributed by atoms with Gasteiger partial charge in [-0.1, -0.05) is 166 Å². The topological polar surface area (TPSA) is 442 Å². The number of nitrogens with two attached hydrogens (primary N) is 1. The molecular weight excluding hydrogens is 1350 g/mol. The lowest BCUT2D eigenvalue weighted by molar-refractivity contribution is -0.157. The number of esters is 1. The van der Waals surface area contributed by atoms with E-state index >= 15 is 9.59 Å². The van der Waals surface area contributed by atoms with Gasteiger partial charge in [0, 0.05) is 19.4 Å². The lowest BCUT2D eigenvalue weighted by Crippen LogP contribution is -2.64. The van der Waals surface area contributed by atoms with Crippen LogP contribution in [-0.2, 0) is 78.3 Å². The Morgan fingerprint density at radius 3 is 1.69 bits per heavy atom. The third-order valence-corrected chi connectivity index (χ3v) is 19.3. The minimum absolute atomic E-state index is 0.0355. The van der Waals surface area contributed by atoms with Crippen LogP contribution in [0.25, 0.3) is 0 Å². The zero-order valence-electron chi connectivity index (χ0n) is 65.2. The van der Waals surface area contributed by atoms with Gasteiger partial charge in [0.1, 0.15) is 84.3 Å². The number of nitrogens with zero attached hydrogens (tertiary/aromatic N) is 1. The molecule has 0 radical (unpaired) electrons. The molecule has 15 N–H and O–H groups in total. The lowest BCUT2D eigenvalue weighted by atomic mass is 9.95. The highest BCUT2D eigenvalue weighted by atomic mass is 16.5. The number of aliphatic hydroxyl groups excluding tert-OH is 1. The van der Waals surface area contributed by atoms with Crippen molar-refractivity contribution in [1.29, 1.82) is 0 Å². The van der Waals surface area contributed by atoms with E-state index in [0.29, 0.717) is 30.7 Å². The third kappa shape index (κ3) is 27.7. The molecule has 2 heterocycles. The summed E-state index contributed by atoms with van der Waals surface area (Å²) in [6.07, 6.45) is 1.02. The summed E-state index contributed by atoms with van der Waals surface area (Å²) in [7, 11) is 0. The normalized spacial score (nSPS) is 22.6. The molecule has 4 unspecified atom stereocenters. The van der Waals surface area contributed by atoms with Gasteiger partial charge in [-0.15, -0.1) is 0 Å². The number of benzene rings is 1. The van der Waals surface area contributed by atoms with Crippen molar-refractivity contribution in [2.75, 3.05) is 13.1 Å². The van der Waals surface area contributed by atoms with Crippen molar-refractivity contribution in [3.05, 3.63) is 47.7 Å². The number of nitrogens with one attached hydrogen (secondary N) is 12. The molecule has 30 nitrogen and oxygen atoms in total. The molecule has 30 heteroatoms. The lowest BCUT2D eigenvalue weighted by Gasteiger charge is -2.33. The van der Waals surface area contributed by atoms with Crippen molar-refractivity contribution in [2.45, 2.75) is 280 Å². The number of likely N-dealkylation sites (tertiary alicyclic amines) is 1. The molecular formula is C75H124N14O16. The summed E-state index contributed by atoms with van der Waals surface area (Å²) in [5.74, 6) is -15.1. The Kier molecular flexibility index (Phi) is 37.8. The van der Waals surface area contributed by atoms with Crippen molar-refractivity contribution in [2.24, 2.45) is 53.1 Å². The molecule has 2 aliphatic heterocycles. The predicted molar refractivity (Wildman–Crippen MR) is 395 cm³/mol. The molecule has 2 aliphatic rings. The van der Waals surface area contributed by atoms with Crippen molar-refractivity contribution in [1.82, 2.24) is 68.7 Å². The molecule has 105 heavy (non-hydrogen) atoms. The van der Waals surface area contributed by atoms with E-state index in [2.05, 4.69) is 63.8 Å². The highest BCUT2D eigenvalue weighted by molar-refractivity contribution is 6.03. The maximum Gasteiger partial charge on any atom is 0.329 e. The van der Waals surface area contributed by atoms with E-state index in [1.54, 1.807) is 127 Å². The number of cyclic esters (lactones) is 1. The average molecular weight is 1480 g/mol. The molecule has 0 aromatic heterocycles. The number of carbonyl (C=O) groups excluding carboxylic acids is 14. The van der Waals surface area contributed by atoms with Crippen LogP contribution in [0.5, 0.6) is 0 Å². The number of allylic oxidation sites excluding steroid dienone is 1. The molecule has 0 aliphatic carbocycles. The summed E-state index contributed by atoms with van der Waals surface area (Å²) >= 11 is 0. The Morgan fingerprint density at radius 1 is 0.610 bits per heavy atom. The Labute approximate surface area is 620 Å². The van der Waals surface area contributed by atoms with E-state index < -0.39 is 203 Å². The fraction of sp³-hybridized carbons (Fsp3) is 0.707. The van der Waals surface area contributed by atoms with E-state index in [9.17, 15) is 62.6 Å². The van der Waals surface area contributed by atoms with Gasteiger partial charge in [0.15, 0.2) is 0 Å². The minimum atomic E-state index is -1.83. The number of hydrogen-bond acceptors (Lipinski definition) is 17. The van der Waals surface area contributed by atoms with Crippen LogP contribution in [0.1, 0.15) is 195 Å². The fourth-order valence-corrected chi connectivity index (χ4v) is 12.1. The van der Waals surface area contributed by atoms with Gasteiger partial charge in [-0.25, -0.2) is 4.79 Å². The summed E-state index contributed by atoms with van der Waals surface area (Å²) in [5, 5.41) is 43.2. The number of amides is 13. The number of hydrogen-bond donors (Lipinski definition) is 14. The fourth-order valence-electron chi connectivity index (χ4n) is 12.1. The zero-order valence-corrected chi connectivity index (χ0v) is 65.2. The predicted octanol–water partition coefficient (Wildman–Crippen LogP) is 1.84. The maximum atomic E-state index is 15.0. The van der Waals surface area contributed by atoms with Gasteiger partial charge in [0.25, 0.3) is 5.91 Å². The van der Waals surface area contributed by atoms with Crippen LogP contribution in [0.3, 0.4) is 0 Å². The van der Waals surface area contributed by atoms with E-state index in [1.807, 2.05) is 13.8 Å². The van der Waals surface area contributed by atoms with Gasteiger partial charge in [0.05, 0.1) is 6.10 Å². The summed E-state index contributed by atoms with van der Waals surface area (Å²) in [6, 6.07) is -7.67. The molecule has 1 aromatic carbocycles. The number of rotatable bonds is 33. The molecule has 2 fully saturated rings.